The maximum Gasteiger partial charge on any atom is 0.472 e. The number of phosphoric acid groups is 2. The predicted molar refractivity (Wildman–Crippen MR) is 354 cm³/mol. The summed E-state index contributed by atoms with van der Waals surface area (Å²) in [4.78, 5) is 72.4. The molecule has 0 aliphatic heterocycles. The number of aliphatic hydroxyl groups excluding tert-OH is 1. The molecule has 0 amide bonds. The molecule has 0 fully saturated rings. The lowest BCUT2D eigenvalue weighted by Crippen LogP contribution is -2.30. The molecule has 0 aromatic rings. The summed E-state index contributed by atoms with van der Waals surface area (Å²) in [5.41, 5.74) is 0. The van der Waals surface area contributed by atoms with Crippen molar-refractivity contribution in [2.24, 2.45) is 11.8 Å². The monoisotopic (exact) mass is 1290 g/mol. The number of rotatable bonds is 66. The van der Waals surface area contributed by atoms with Crippen LogP contribution in [0.2, 0.25) is 0 Å². The first kappa shape index (κ1) is 85.5. The Bertz CT molecular complexity index is 1810. The van der Waals surface area contributed by atoms with Gasteiger partial charge in [0, 0.05) is 25.7 Å². The maximum atomic E-state index is 13.0. The molecule has 6 atom stereocenters. The zero-order chi connectivity index (χ0) is 65.0. The van der Waals surface area contributed by atoms with Crippen molar-refractivity contribution in [2.45, 2.75) is 342 Å². The van der Waals surface area contributed by atoms with E-state index in [4.69, 9.17) is 37.0 Å². The third kappa shape index (κ3) is 61.1. The van der Waals surface area contributed by atoms with Gasteiger partial charge < -0.3 is 33.8 Å². The molecule has 0 bridgehead atoms. The van der Waals surface area contributed by atoms with Crippen molar-refractivity contribution >= 4 is 39.5 Å². The van der Waals surface area contributed by atoms with E-state index in [0.717, 1.165) is 115 Å². The quantitative estimate of drug-likeness (QED) is 0.0169. The molecule has 518 valence electrons. The van der Waals surface area contributed by atoms with Gasteiger partial charge in [0.05, 0.1) is 26.4 Å². The Morgan fingerprint density at radius 3 is 1.02 bits per heavy atom. The van der Waals surface area contributed by atoms with E-state index in [1.54, 1.807) is 0 Å². The summed E-state index contributed by atoms with van der Waals surface area (Å²) in [6.45, 7) is 9.36. The van der Waals surface area contributed by atoms with Crippen molar-refractivity contribution in [2.75, 3.05) is 39.6 Å². The number of esters is 4. The van der Waals surface area contributed by atoms with Crippen molar-refractivity contribution in [3.8, 4) is 0 Å². The first-order valence-corrected chi connectivity index (χ1v) is 38.3. The second-order valence-electron chi connectivity index (χ2n) is 24.9. The molecule has 0 spiro atoms. The molecule has 3 N–H and O–H groups in total. The van der Waals surface area contributed by atoms with Crippen LogP contribution in [0.5, 0.6) is 0 Å². The average Bonchev–Trinajstić information content (AvgIpc) is 3.55. The molecule has 0 aliphatic rings. The average molecular weight is 1290 g/mol. The highest BCUT2D eigenvalue weighted by molar-refractivity contribution is 7.47. The zero-order valence-electron chi connectivity index (χ0n) is 56.5. The van der Waals surface area contributed by atoms with Crippen molar-refractivity contribution in [1.29, 1.82) is 0 Å². The summed E-state index contributed by atoms with van der Waals surface area (Å²) in [5.74, 6) is -0.736. The normalized spacial score (nSPS) is 14.7. The van der Waals surface area contributed by atoms with E-state index in [0.29, 0.717) is 31.6 Å². The Labute approximate surface area is 535 Å². The second kappa shape index (κ2) is 60.8. The first-order valence-electron chi connectivity index (χ1n) is 35.3. The molecule has 0 heterocycles. The van der Waals surface area contributed by atoms with Crippen molar-refractivity contribution in [1.82, 2.24) is 0 Å². The van der Waals surface area contributed by atoms with Crippen LogP contribution in [0.1, 0.15) is 324 Å². The fourth-order valence-corrected chi connectivity index (χ4v) is 11.4. The number of unbranched alkanes of at least 4 members (excludes halogenated alkanes) is 32. The van der Waals surface area contributed by atoms with Gasteiger partial charge in [-0.3, -0.25) is 37.3 Å². The Morgan fingerprint density at radius 2 is 0.670 bits per heavy atom. The van der Waals surface area contributed by atoms with Crippen LogP contribution in [0.25, 0.3) is 0 Å². The fraction of sp³-hybridized carbons (Fsp3) is 0.884. The molecule has 0 aliphatic carbocycles. The summed E-state index contributed by atoms with van der Waals surface area (Å²) in [5, 5.41) is 10.6. The highest BCUT2D eigenvalue weighted by atomic mass is 31.2. The minimum Gasteiger partial charge on any atom is -0.462 e. The minimum atomic E-state index is -4.96. The van der Waals surface area contributed by atoms with Crippen molar-refractivity contribution < 1.29 is 80.2 Å². The Kier molecular flexibility index (Phi) is 59.1. The topological polar surface area (TPSA) is 237 Å². The highest BCUT2D eigenvalue weighted by Gasteiger charge is 2.30. The predicted octanol–water partition coefficient (Wildman–Crippen LogP) is 19.2. The van der Waals surface area contributed by atoms with E-state index < -0.39 is 97.5 Å². The minimum absolute atomic E-state index is 0.0849. The van der Waals surface area contributed by atoms with Gasteiger partial charge in [-0.15, -0.1) is 0 Å². The second-order valence-corrected chi connectivity index (χ2v) is 27.9. The van der Waals surface area contributed by atoms with Crippen LogP contribution in [-0.2, 0) is 65.4 Å². The van der Waals surface area contributed by atoms with Crippen molar-refractivity contribution in [3.63, 3.8) is 0 Å². The third-order valence-electron chi connectivity index (χ3n) is 15.7. The standard InChI is InChI=1S/C69H130O17P2/c1-7-10-12-14-16-18-20-22-23-25-27-29-33-41-47-53-68(73)85-64(57-79-66(71)51-45-39-32-28-26-24-21-19-17-15-13-11-8-2)59-83-87(75,76)81-55-63(70)56-82-88(77,78)84-60-65(86-69(74)54-48-42-34-30-31-37-43-49-61(4)5)58-80-67(72)52-46-40-36-35-38-44-50-62(6)9-3/h18,20,22-23,61-65,70H,7-17,19,21,24-60H2,1-6H3,(H,75,76)(H,77,78)/b20-18-,23-22-/t62?,63-,64-,65-/m1/s1. The number of phosphoric ester groups is 2. The van der Waals surface area contributed by atoms with Crippen molar-refractivity contribution in [3.05, 3.63) is 24.3 Å². The van der Waals surface area contributed by atoms with Gasteiger partial charge >= 0.3 is 39.5 Å². The van der Waals surface area contributed by atoms with E-state index in [9.17, 15) is 43.2 Å². The largest absolute Gasteiger partial charge is 0.472 e. The molecule has 88 heavy (non-hydrogen) atoms. The van der Waals surface area contributed by atoms with E-state index in [-0.39, 0.29) is 25.7 Å². The molecule has 0 rings (SSSR count). The number of allylic oxidation sites excluding steroid dienone is 4. The van der Waals surface area contributed by atoms with Crippen LogP contribution in [0, 0.1) is 11.8 Å². The van der Waals surface area contributed by atoms with Crippen LogP contribution in [0.4, 0.5) is 0 Å². The number of aliphatic hydroxyl groups is 1. The summed E-state index contributed by atoms with van der Waals surface area (Å²) < 4.78 is 68.1. The molecule has 0 radical (unpaired) electrons. The molecule has 0 aromatic heterocycles. The lowest BCUT2D eigenvalue weighted by Gasteiger charge is -2.21. The molecule has 0 saturated carbocycles. The van der Waals surface area contributed by atoms with Gasteiger partial charge in [-0.1, -0.05) is 271 Å². The van der Waals surface area contributed by atoms with Gasteiger partial charge in [-0.25, -0.2) is 9.13 Å². The smallest absolute Gasteiger partial charge is 0.462 e. The van der Waals surface area contributed by atoms with E-state index in [1.807, 2.05) is 0 Å². The van der Waals surface area contributed by atoms with E-state index in [1.165, 1.54) is 122 Å². The van der Waals surface area contributed by atoms with E-state index >= 15 is 0 Å². The molecular formula is C69H130O17P2. The van der Waals surface area contributed by atoms with Gasteiger partial charge in [0.25, 0.3) is 0 Å². The lowest BCUT2D eigenvalue weighted by atomic mass is 10.00. The number of ether oxygens (including phenoxy) is 4. The number of hydrogen-bond acceptors (Lipinski definition) is 15. The maximum absolute atomic E-state index is 13.0. The molecule has 3 unspecified atom stereocenters. The highest BCUT2D eigenvalue weighted by Crippen LogP contribution is 2.45. The SMILES string of the molecule is CCCCCC/C=C\C=C/CCCCCCCC(=O)O[C@H](COC(=O)CCCCCCCCCCCCCCC)COP(=O)(O)OC[C@@H](O)COP(=O)(O)OC[C@@H](COC(=O)CCCCCCCCC(C)CC)OC(=O)CCCCCCCCCC(C)C. The first-order chi connectivity index (χ1) is 42.4. The van der Waals surface area contributed by atoms with Crippen LogP contribution in [-0.4, -0.2) is 96.7 Å². The summed E-state index contributed by atoms with van der Waals surface area (Å²) >= 11 is 0. The molecule has 19 heteroatoms. The third-order valence-corrected chi connectivity index (χ3v) is 17.6. The van der Waals surface area contributed by atoms with Crippen LogP contribution >= 0.6 is 15.6 Å². The molecular weight excluding hydrogens is 1160 g/mol. The Hall–Kier alpha value is -2.46. The molecule has 0 aromatic carbocycles. The van der Waals surface area contributed by atoms with Gasteiger partial charge in [-0.05, 0) is 63.2 Å². The lowest BCUT2D eigenvalue weighted by molar-refractivity contribution is -0.161. The molecule has 0 saturated heterocycles. The van der Waals surface area contributed by atoms with Crippen LogP contribution < -0.4 is 0 Å². The number of hydrogen-bond donors (Lipinski definition) is 3. The van der Waals surface area contributed by atoms with Gasteiger partial charge in [0.15, 0.2) is 12.2 Å². The van der Waals surface area contributed by atoms with Gasteiger partial charge in [0.1, 0.15) is 19.3 Å². The number of carbonyl (C=O) groups is 4. The fourth-order valence-electron chi connectivity index (χ4n) is 9.84. The van der Waals surface area contributed by atoms with Gasteiger partial charge in [0.2, 0.25) is 0 Å². The van der Waals surface area contributed by atoms with E-state index in [2.05, 4.69) is 65.8 Å². The van der Waals surface area contributed by atoms with Gasteiger partial charge in [-0.2, -0.15) is 0 Å². The summed E-state index contributed by atoms with van der Waals surface area (Å²) in [7, 11) is -9.91. The Morgan fingerprint density at radius 1 is 0.375 bits per heavy atom. The zero-order valence-corrected chi connectivity index (χ0v) is 58.3. The summed E-state index contributed by atoms with van der Waals surface area (Å²) in [6, 6.07) is 0. The van der Waals surface area contributed by atoms with Crippen LogP contribution in [0.15, 0.2) is 24.3 Å². The van der Waals surface area contributed by atoms with Crippen LogP contribution in [0.3, 0.4) is 0 Å². The summed E-state index contributed by atoms with van der Waals surface area (Å²) in [6.07, 6.45) is 48.1. The number of carbonyl (C=O) groups excluding carboxylic acids is 4. The molecule has 17 nitrogen and oxygen atoms in total. The Balaban J connectivity index is 5.29.